The molecule has 1 fully saturated rings. The number of benzene rings is 1. The SMILES string of the molecule is CC1CCCC(Nc2ccc([N+](=O)[O-])c(S(C)(=O)=O)c2)CC1. The molecule has 0 heterocycles. The molecule has 2 rings (SSSR count). The predicted molar refractivity (Wildman–Crippen MR) is 85.9 cm³/mol. The first-order valence-electron chi connectivity index (χ1n) is 7.52. The number of anilines is 1. The monoisotopic (exact) mass is 326 g/mol. The molecule has 122 valence electrons. The minimum absolute atomic E-state index is 0.232. The summed E-state index contributed by atoms with van der Waals surface area (Å²) in [4.78, 5) is 10.1. The maximum Gasteiger partial charge on any atom is 0.288 e. The Morgan fingerprint density at radius 3 is 2.59 bits per heavy atom. The van der Waals surface area contributed by atoms with Crippen molar-refractivity contribution >= 4 is 21.2 Å². The lowest BCUT2D eigenvalue weighted by molar-refractivity contribution is -0.387. The first-order valence-corrected chi connectivity index (χ1v) is 9.41. The van der Waals surface area contributed by atoms with Crippen molar-refractivity contribution in [3.8, 4) is 0 Å². The second-order valence-electron chi connectivity index (χ2n) is 6.17. The highest BCUT2D eigenvalue weighted by Gasteiger charge is 2.23. The van der Waals surface area contributed by atoms with E-state index in [0.717, 1.165) is 37.9 Å². The van der Waals surface area contributed by atoms with Gasteiger partial charge in [0.1, 0.15) is 4.90 Å². The van der Waals surface area contributed by atoms with Gasteiger partial charge in [0, 0.05) is 24.1 Å². The molecule has 2 unspecified atom stereocenters. The van der Waals surface area contributed by atoms with E-state index < -0.39 is 14.8 Å². The van der Waals surface area contributed by atoms with Gasteiger partial charge in [-0.2, -0.15) is 0 Å². The van der Waals surface area contributed by atoms with Crippen LogP contribution in [0.15, 0.2) is 23.1 Å². The van der Waals surface area contributed by atoms with Crippen molar-refractivity contribution in [3.05, 3.63) is 28.3 Å². The van der Waals surface area contributed by atoms with Gasteiger partial charge in [-0.1, -0.05) is 19.8 Å². The van der Waals surface area contributed by atoms with Gasteiger partial charge in [0.25, 0.3) is 5.69 Å². The molecular formula is C15H22N2O4S. The quantitative estimate of drug-likeness (QED) is 0.520. The van der Waals surface area contributed by atoms with Crippen molar-refractivity contribution in [2.75, 3.05) is 11.6 Å². The van der Waals surface area contributed by atoms with Gasteiger partial charge in [-0.25, -0.2) is 8.42 Å². The third-order valence-electron chi connectivity index (χ3n) is 4.18. The van der Waals surface area contributed by atoms with Crippen LogP contribution in [0.2, 0.25) is 0 Å². The molecule has 6 nitrogen and oxygen atoms in total. The van der Waals surface area contributed by atoms with E-state index in [9.17, 15) is 18.5 Å². The summed E-state index contributed by atoms with van der Waals surface area (Å²) < 4.78 is 23.5. The Morgan fingerprint density at radius 2 is 1.95 bits per heavy atom. The molecule has 0 aliphatic heterocycles. The molecule has 22 heavy (non-hydrogen) atoms. The lowest BCUT2D eigenvalue weighted by atomic mass is 10.0. The standard InChI is InChI=1S/C15H22N2O4S/c1-11-4-3-5-12(7-6-11)16-13-8-9-14(17(18)19)15(10-13)22(2,20)21/h8-12,16H,3-7H2,1-2H3. The summed E-state index contributed by atoms with van der Waals surface area (Å²) in [7, 11) is -3.64. The minimum Gasteiger partial charge on any atom is -0.382 e. The molecule has 0 radical (unpaired) electrons. The fourth-order valence-electron chi connectivity index (χ4n) is 2.92. The Kier molecular flexibility index (Phi) is 5.05. The van der Waals surface area contributed by atoms with E-state index in [4.69, 9.17) is 0 Å². The van der Waals surface area contributed by atoms with Crippen molar-refractivity contribution in [1.82, 2.24) is 0 Å². The normalized spacial score (nSPS) is 22.8. The van der Waals surface area contributed by atoms with Crippen LogP contribution in [0.5, 0.6) is 0 Å². The van der Waals surface area contributed by atoms with Crippen molar-refractivity contribution < 1.29 is 13.3 Å². The molecule has 1 aromatic carbocycles. The third kappa shape index (κ3) is 4.19. The van der Waals surface area contributed by atoms with E-state index in [1.54, 1.807) is 6.07 Å². The predicted octanol–water partition coefficient (Wildman–Crippen LogP) is 3.38. The Labute approximate surface area is 131 Å². The molecule has 1 aliphatic carbocycles. The number of nitrogens with one attached hydrogen (secondary N) is 1. The van der Waals surface area contributed by atoms with Gasteiger partial charge in [-0.3, -0.25) is 10.1 Å². The molecule has 1 aliphatic rings. The van der Waals surface area contributed by atoms with Crippen molar-refractivity contribution in [2.24, 2.45) is 5.92 Å². The molecule has 1 aromatic rings. The summed E-state index contributed by atoms with van der Waals surface area (Å²) in [6.07, 6.45) is 6.57. The lowest BCUT2D eigenvalue weighted by Gasteiger charge is -2.18. The summed E-state index contributed by atoms with van der Waals surface area (Å²) >= 11 is 0. The van der Waals surface area contributed by atoms with Crippen LogP contribution in [0, 0.1) is 16.0 Å². The number of nitrogens with zero attached hydrogens (tertiary/aromatic N) is 1. The zero-order chi connectivity index (χ0) is 16.3. The summed E-state index contributed by atoms with van der Waals surface area (Å²) in [6.45, 7) is 2.25. The third-order valence-corrected chi connectivity index (χ3v) is 5.31. The van der Waals surface area contributed by atoms with Crippen LogP contribution in [-0.4, -0.2) is 25.6 Å². The fraction of sp³-hybridized carbons (Fsp3) is 0.600. The van der Waals surface area contributed by atoms with Gasteiger partial charge in [0.2, 0.25) is 0 Å². The second-order valence-corrected chi connectivity index (χ2v) is 8.15. The number of nitro benzene ring substituents is 1. The largest absolute Gasteiger partial charge is 0.382 e. The Bertz CT molecular complexity index is 658. The van der Waals surface area contributed by atoms with Crippen molar-refractivity contribution in [1.29, 1.82) is 0 Å². The average molecular weight is 326 g/mol. The summed E-state index contributed by atoms with van der Waals surface area (Å²) in [5.74, 6) is 0.718. The zero-order valence-corrected chi connectivity index (χ0v) is 13.7. The van der Waals surface area contributed by atoms with E-state index >= 15 is 0 Å². The van der Waals surface area contributed by atoms with E-state index in [0.29, 0.717) is 11.7 Å². The van der Waals surface area contributed by atoms with E-state index in [-0.39, 0.29) is 10.6 Å². The van der Waals surface area contributed by atoms with Crippen LogP contribution in [-0.2, 0) is 9.84 Å². The van der Waals surface area contributed by atoms with Gasteiger partial charge < -0.3 is 5.32 Å². The molecule has 7 heteroatoms. The first kappa shape index (κ1) is 16.7. The van der Waals surface area contributed by atoms with Crippen LogP contribution in [0.1, 0.15) is 39.0 Å². The van der Waals surface area contributed by atoms with Crippen LogP contribution >= 0.6 is 0 Å². The molecule has 1 N–H and O–H groups in total. The number of rotatable bonds is 4. The molecule has 0 amide bonds. The number of sulfone groups is 1. The Balaban J connectivity index is 2.24. The Hall–Kier alpha value is -1.63. The van der Waals surface area contributed by atoms with E-state index in [1.165, 1.54) is 18.6 Å². The number of nitro groups is 1. The highest BCUT2D eigenvalue weighted by Crippen LogP contribution is 2.29. The van der Waals surface area contributed by atoms with E-state index in [1.807, 2.05) is 0 Å². The maximum atomic E-state index is 11.8. The van der Waals surface area contributed by atoms with Crippen LogP contribution in [0.3, 0.4) is 0 Å². The Morgan fingerprint density at radius 1 is 1.23 bits per heavy atom. The molecule has 2 atom stereocenters. The summed E-state index contributed by atoms with van der Waals surface area (Å²) in [5, 5.41) is 14.3. The molecule has 0 saturated heterocycles. The smallest absolute Gasteiger partial charge is 0.288 e. The van der Waals surface area contributed by atoms with Crippen molar-refractivity contribution in [2.45, 2.75) is 50.0 Å². The van der Waals surface area contributed by atoms with Crippen molar-refractivity contribution in [3.63, 3.8) is 0 Å². The first-order chi connectivity index (χ1) is 10.3. The van der Waals surface area contributed by atoms with Gasteiger partial charge in [0.05, 0.1) is 4.92 Å². The zero-order valence-electron chi connectivity index (χ0n) is 12.9. The van der Waals surface area contributed by atoms with Crippen LogP contribution in [0.25, 0.3) is 0 Å². The summed E-state index contributed by atoms with van der Waals surface area (Å²) in [6, 6.07) is 4.51. The van der Waals surface area contributed by atoms with Gasteiger partial charge in [0.15, 0.2) is 9.84 Å². The average Bonchev–Trinajstić information content (AvgIpc) is 2.62. The topological polar surface area (TPSA) is 89.3 Å². The highest BCUT2D eigenvalue weighted by atomic mass is 32.2. The molecule has 1 saturated carbocycles. The summed E-state index contributed by atoms with van der Waals surface area (Å²) in [5.41, 5.74) is 0.258. The fourth-order valence-corrected chi connectivity index (χ4v) is 3.78. The van der Waals surface area contributed by atoms with Gasteiger partial charge >= 0.3 is 0 Å². The maximum absolute atomic E-state index is 11.8. The number of hydrogen-bond acceptors (Lipinski definition) is 5. The molecule has 0 spiro atoms. The van der Waals surface area contributed by atoms with Gasteiger partial charge in [-0.05, 0) is 37.3 Å². The van der Waals surface area contributed by atoms with Crippen LogP contribution < -0.4 is 5.32 Å². The second kappa shape index (κ2) is 6.64. The van der Waals surface area contributed by atoms with Gasteiger partial charge in [-0.15, -0.1) is 0 Å². The van der Waals surface area contributed by atoms with Crippen LogP contribution in [0.4, 0.5) is 11.4 Å². The van der Waals surface area contributed by atoms with E-state index in [2.05, 4.69) is 12.2 Å². The molecule has 0 bridgehead atoms. The molecular weight excluding hydrogens is 304 g/mol. The lowest BCUT2D eigenvalue weighted by Crippen LogP contribution is -2.18. The minimum atomic E-state index is -3.64. The number of hydrogen-bond donors (Lipinski definition) is 1. The highest BCUT2D eigenvalue weighted by molar-refractivity contribution is 7.90. The molecule has 0 aromatic heterocycles.